The van der Waals surface area contributed by atoms with E-state index in [4.69, 9.17) is 0 Å². The van der Waals surface area contributed by atoms with E-state index in [1.807, 2.05) is 0 Å². The van der Waals surface area contributed by atoms with E-state index < -0.39 is 0 Å². The summed E-state index contributed by atoms with van der Waals surface area (Å²) >= 11 is 0. The van der Waals surface area contributed by atoms with Gasteiger partial charge in [-0.2, -0.15) is 0 Å². The number of hydrogen-bond acceptors (Lipinski definition) is 1. The molecule has 0 aliphatic carbocycles. The van der Waals surface area contributed by atoms with Gasteiger partial charge in [0.25, 0.3) is 0 Å². The van der Waals surface area contributed by atoms with Crippen molar-refractivity contribution < 1.29 is 0 Å². The number of likely N-dealkylation sites (tertiary alicyclic amines) is 1. The van der Waals surface area contributed by atoms with E-state index in [0.717, 1.165) is 5.92 Å². The fraction of sp³-hybridized carbons (Fsp3) is 0.818. The second-order valence-electron chi connectivity index (χ2n) is 4.33. The predicted molar refractivity (Wildman–Crippen MR) is 54.2 cm³/mol. The minimum absolute atomic E-state index is 0.654. The molecule has 1 unspecified atom stereocenters. The molecule has 0 bridgehead atoms. The number of rotatable bonds is 2. The van der Waals surface area contributed by atoms with Gasteiger partial charge in [-0.3, -0.25) is 0 Å². The Balaban J connectivity index is 2.46. The van der Waals surface area contributed by atoms with E-state index in [2.05, 4.69) is 32.4 Å². The van der Waals surface area contributed by atoms with Crippen LogP contribution in [0.5, 0.6) is 0 Å². The van der Waals surface area contributed by atoms with Crippen LogP contribution in [0, 0.1) is 11.8 Å². The van der Waals surface area contributed by atoms with Gasteiger partial charge in [-0.15, -0.1) is 0 Å². The molecule has 1 rings (SSSR count). The predicted octanol–water partition coefficient (Wildman–Crippen LogP) is 2.54. The van der Waals surface area contributed by atoms with Crippen molar-refractivity contribution in [3.05, 3.63) is 12.2 Å². The Labute approximate surface area is 76.5 Å². The average Bonchev–Trinajstić information content (AvgIpc) is 2.03. The molecule has 0 spiro atoms. The third-order valence-electron chi connectivity index (χ3n) is 2.89. The topological polar surface area (TPSA) is 3.24 Å². The number of hydrogen-bond donors (Lipinski definition) is 0. The van der Waals surface area contributed by atoms with Crippen LogP contribution in [-0.4, -0.2) is 25.0 Å². The van der Waals surface area contributed by atoms with Crippen molar-refractivity contribution in [2.24, 2.45) is 11.8 Å². The monoisotopic (exact) mass is 167 g/mol. The van der Waals surface area contributed by atoms with E-state index in [1.165, 1.54) is 31.5 Å². The third kappa shape index (κ3) is 2.34. The molecule has 1 heterocycles. The molecule has 1 saturated heterocycles. The highest BCUT2D eigenvalue weighted by Gasteiger charge is 2.20. The lowest BCUT2D eigenvalue weighted by molar-refractivity contribution is 0.224. The van der Waals surface area contributed by atoms with Crippen molar-refractivity contribution in [2.75, 3.05) is 20.1 Å². The zero-order chi connectivity index (χ0) is 9.14. The van der Waals surface area contributed by atoms with Crippen molar-refractivity contribution in [3.8, 4) is 0 Å². The van der Waals surface area contributed by atoms with Gasteiger partial charge < -0.3 is 4.90 Å². The molecule has 1 fully saturated rings. The maximum Gasteiger partial charge on any atom is 0.00440 e. The van der Waals surface area contributed by atoms with Crippen molar-refractivity contribution in [2.45, 2.75) is 26.7 Å². The molecule has 1 aliphatic rings. The zero-order valence-corrected chi connectivity index (χ0v) is 8.64. The fourth-order valence-electron chi connectivity index (χ4n) is 1.94. The van der Waals surface area contributed by atoms with Crippen molar-refractivity contribution in [1.82, 2.24) is 4.90 Å². The van der Waals surface area contributed by atoms with Crippen LogP contribution in [0.3, 0.4) is 0 Å². The quantitative estimate of drug-likeness (QED) is 0.571. The van der Waals surface area contributed by atoms with E-state index >= 15 is 0 Å². The summed E-state index contributed by atoms with van der Waals surface area (Å²) in [4.78, 5) is 2.42. The molecule has 1 heteroatoms. The summed E-state index contributed by atoms with van der Waals surface area (Å²) in [6.07, 6.45) is 2.69. The zero-order valence-electron chi connectivity index (χ0n) is 8.64. The molecule has 0 N–H and O–H groups in total. The normalized spacial score (nSPS) is 26.2. The first-order valence-electron chi connectivity index (χ1n) is 4.98. The molecule has 0 aromatic heterocycles. The first-order valence-corrected chi connectivity index (χ1v) is 4.98. The summed E-state index contributed by atoms with van der Waals surface area (Å²) in [6, 6.07) is 0. The van der Waals surface area contributed by atoms with Crippen LogP contribution in [-0.2, 0) is 0 Å². The van der Waals surface area contributed by atoms with Gasteiger partial charge in [0.1, 0.15) is 0 Å². The molecule has 0 aromatic carbocycles. The Kier molecular flexibility index (Phi) is 3.33. The van der Waals surface area contributed by atoms with Gasteiger partial charge in [0.15, 0.2) is 0 Å². The van der Waals surface area contributed by atoms with E-state index in [1.54, 1.807) is 0 Å². The lowest BCUT2D eigenvalue weighted by Crippen LogP contribution is -2.33. The molecule has 1 aliphatic heterocycles. The van der Waals surface area contributed by atoms with Crippen LogP contribution in [0.2, 0.25) is 0 Å². The highest BCUT2D eigenvalue weighted by Crippen LogP contribution is 2.26. The van der Waals surface area contributed by atoms with Gasteiger partial charge in [-0.1, -0.05) is 26.0 Å². The highest BCUT2D eigenvalue weighted by atomic mass is 15.1. The van der Waals surface area contributed by atoms with E-state index in [0.29, 0.717) is 5.92 Å². The second-order valence-corrected chi connectivity index (χ2v) is 4.33. The Hall–Kier alpha value is -0.300. The minimum Gasteiger partial charge on any atom is -0.306 e. The van der Waals surface area contributed by atoms with Crippen molar-refractivity contribution in [3.63, 3.8) is 0 Å². The molecular weight excluding hydrogens is 146 g/mol. The van der Waals surface area contributed by atoms with E-state index in [9.17, 15) is 0 Å². The summed E-state index contributed by atoms with van der Waals surface area (Å²) in [5, 5.41) is 0. The average molecular weight is 167 g/mol. The SMILES string of the molecule is C=C(C(C)C)C1CCCN(C)C1. The first kappa shape index (κ1) is 9.79. The maximum atomic E-state index is 4.19. The molecule has 1 atom stereocenters. The third-order valence-corrected chi connectivity index (χ3v) is 2.89. The van der Waals surface area contributed by atoms with Crippen LogP contribution in [0.25, 0.3) is 0 Å². The molecule has 0 aromatic rings. The Morgan fingerprint density at radius 1 is 1.50 bits per heavy atom. The first-order chi connectivity index (χ1) is 5.61. The lowest BCUT2D eigenvalue weighted by Gasteiger charge is -2.32. The van der Waals surface area contributed by atoms with Gasteiger partial charge in [-0.05, 0) is 38.3 Å². The molecule has 0 saturated carbocycles. The lowest BCUT2D eigenvalue weighted by atomic mass is 9.85. The molecule has 0 radical (unpaired) electrons. The summed E-state index contributed by atoms with van der Waals surface area (Å²) in [6.45, 7) is 11.2. The van der Waals surface area contributed by atoms with Gasteiger partial charge in [0.05, 0.1) is 0 Å². The highest BCUT2D eigenvalue weighted by molar-refractivity contribution is 5.05. The van der Waals surface area contributed by atoms with Crippen LogP contribution in [0.15, 0.2) is 12.2 Å². The van der Waals surface area contributed by atoms with Crippen molar-refractivity contribution in [1.29, 1.82) is 0 Å². The molecule has 1 nitrogen and oxygen atoms in total. The van der Waals surface area contributed by atoms with Crippen LogP contribution in [0.4, 0.5) is 0 Å². The Bertz CT molecular complexity index is 160. The van der Waals surface area contributed by atoms with Crippen LogP contribution < -0.4 is 0 Å². The Morgan fingerprint density at radius 2 is 2.17 bits per heavy atom. The van der Waals surface area contributed by atoms with Gasteiger partial charge in [0.2, 0.25) is 0 Å². The number of nitrogens with zero attached hydrogens (tertiary/aromatic N) is 1. The largest absolute Gasteiger partial charge is 0.306 e. The van der Waals surface area contributed by atoms with Gasteiger partial charge in [0, 0.05) is 6.54 Å². The van der Waals surface area contributed by atoms with Crippen LogP contribution >= 0.6 is 0 Å². The van der Waals surface area contributed by atoms with Crippen LogP contribution in [0.1, 0.15) is 26.7 Å². The maximum absolute atomic E-state index is 4.19. The molecular formula is C11H21N. The number of piperidine rings is 1. The fourth-order valence-corrected chi connectivity index (χ4v) is 1.94. The minimum atomic E-state index is 0.654. The van der Waals surface area contributed by atoms with Crippen molar-refractivity contribution >= 4 is 0 Å². The summed E-state index contributed by atoms with van der Waals surface area (Å²) in [5.41, 5.74) is 1.45. The summed E-state index contributed by atoms with van der Waals surface area (Å²) < 4.78 is 0. The molecule has 12 heavy (non-hydrogen) atoms. The standard InChI is InChI=1S/C11H21N/c1-9(2)10(3)11-6-5-7-12(4)8-11/h9,11H,3,5-8H2,1-2,4H3. The Morgan fingerprint density at radius 3 is 2.67 bits per heavy atom. The second kappa shape index (κ2) is 4.08. The molecule has 70 valence electrons. The summed E-state index contributed by atoms with van der Waals surface area (Å²) in [5.74, 6) is 1.41. The molecule has 0 amide bonds. The smallest absolute Gasteiger partial charge is 0.00440 e. The van der Waals surface area contributed by atoms with Gasteiger partial charge >= 0.3 is 0 Å². The summed E-state index contributed by atoms with van der Waals surface area (Å²) in [7, 11) is 2.21. The van der Waals surface area contributed by atoms with Gasteiger partial charge in [-0.25, -0.2) is 0 Å². The van der Waals surface area contributed by atoms with E-state index in [-0.39, 0.29) is 0 Å².